The van der Waals surface area contributed by atoms with Crippen LogP contribution in [0.5, 0.6) is 5.88 Å². The molecule has 0 radical (unpaired) electrons. The summed E-state index contributed by atoms with van der Waals surface area (Å²) in [6.45, 7) is -1.44. The van der Waals surface area contributed by atoms with Gasteiger partial charge in [0.2, 0.25) is 5.88 Å². The molecule has 0 aromatic carbocycles. The lowest BCUT2D eigenvalue weighted by Gasteiger charge is -2.09. The number of aromatic nitrogens is 3. The molecule has 2 aromatic heterocycles. The monoisotopic (exact) mass is 289 g/mol. The number of alkyl halides is 3. The van der Waals surface area contributed by atoms with Crippen molar-refractivity contribution in [2.45, 2.75) is 6.18 Å². The van der Waals surface area contributed by atoms with Gasteiger partial charge in [0, 0.05) is 24.0 Å². The first-order chi connectivity index (χ1) is 8.94. The molecule has 0 unspecified atom stereocenters. The number of halogens is 4. The highest BCUT2D eigenvalue weighted by Gasteiger charge is 2.28. The molecule has 19 heavy (non-hydrogen) atoms. The molecule has 0 aliphatic carbocycles. The first-order valence-electron chi connectivity index (χ1n) is 5.08. The maximum atomic E-state index is 12.1. The van der Waals surface area contributed by atoms with Crippen molar-refractivity contribution in [3.05, 3.63) is 35.7 Å². The van der Waals surface area contributed by atoms with Crippen LogP contribution >= 0.6 is 11.6 Å². The minimum absolute atomic E-state index is 0.00831. The summed E-state index contributed by atoms with van der Waals surface area (Å²) < 4.78 is 40.7. The van der Waals surface area contributed by atoms with E-state index in [9.17, 15) is 13.2 Å². The molecule has 0 atom stereocenters. The van der Waals surface area contributed by atoms with E-state index >= 15 is 0 Å². The van der Waals surface area contributed by atoms with Crippen molar-refractivity contribution in [3.8, 4) is 17.3 Å². The van der Waals surface area contributed by atoms with Gasteiger partial charge in [-0.2, -0.15) is 18.2 Å². The van der Waals surface area contributed by atoms with Crippen LogP contribution < -0.4 is 4.74 Å². The summed E-state index contributed by atoms with van der Waals surface area (Å²) in [6.07, 6.45) is -1.42. The van der Waals surface area contributed by atoms with Crippen LogP contribution in [0, 0.1) is 0 Å². The minimum atomic E-state index is -4.44. The molecule has 0 aliphatic heterocycles. The molecule has 2 heterocycles. The van der Waals surface area contributed by atoms with Gasteiger partial charge in [0.05, 0.1) is 0 Å². The van der Waals surface area contributed by atoms with E-state index < -0.39 is 12.8 Å². The smallest absolute Gasteiger partial charge is 0.422 e. The predicted molar refractivity (Wildman–Crippen MR) is 61.8 cm³/mol. The summed E-state index contributed by atoms with van der Waals surface area (Å²) in [5.74, 6) is -0.0889. The van der Waals surface area contributed by atoms with E-state index in [1.165, 1.54) is 6.20 Å². The van der Waals surface area contributed by atoms with Gasteiger partial charge in [-0.3, -0.25) is 4.98 Å². The maximum absolute atomic E-state index is 12.1. The highest BCUT2D eigenvalue weighted by Crippen LogP contribution is 2.22. The number of nitrogens with zero attached hydrogens (tertiary/aromatic N) is 3. The van der Waals surface area contributed by atoms with Gasteiger partial charge in [-0.1, -0.05) is 11.6 Å². The van der Waals surface area contributed by atoms with Crippen molar-refractivity contribution in [2.24, 2.45) is 0 Å². The third-order valence-corrected chi connectivity index (χ3v) is 2.17. The Bertz CT molecular complexity index is 563. The van der Waals surface area contributed by atoms with Gasteiger partial charge in [-0.15, -0.1) is 0 Å². The molecule has 0 bridgehead atoms. The molecule has 2 rings (SSSR count). The van der Waals surface area contributed by atoms with Crippen LogP contribution in [0.4, 0.5) is 13.2 Å². The van der Waals surface area contributed by atoms with E-state index in [1.54, 1.807) is 18.3 Å². The first kappa shape index (κ1) is 13.5. The van der Waals surface area contributed by atoms with Crippen molar-refractivity contribution in [1.29, 1.82) is 0 Å². The highest BCUT2D eigenvalue weighted by molar-refractivity contribution is 6.29. The number of ether oxygens (including phenoxy) is 1. The summed E-state index contributed by atoms with van der Waals surface area (Å²) >= 11 is 5.72. The lowest BCUT2D eigenvalue weighted by molar-refractivity contribution is -0.154. The van der Waals surface area contributed by atoms with Crippen LogP contribution in [-0.4, -0.2) is 27.7 Å². The van der Waals surface area contributed by atoms with Crippen molar-refractivity contribution < 1.29 is 17.9 Å². The largest absolute Gasteiger partial charge is 0.468 e. The average molecular weight is 290 g/mol. The Kier molecular flexibility index (Phi) is 3.84. The Morgan fingerprint density at radius 1 is 1.26 bits per heavy atom. The van der Waals surface area contributed by atoms with Crippen molar-refractivity contribution in [1.82, 2.24) is 15.0 Å². The maximum Gasteiger partial charge on any atom is 0.422 e. The normalized spacial score (nSPS) is 11.4. The lowest BCUT2D eigenvalue weighted by Crippen LogP contribution is -2.19. The number of hydrogen-bond donors (Lipinski definition) is 0. The summed E-state index contributed by atoms with van der Waals surface area (Å²) in [6, 6.07) is 4.43. The van der Waals surface area contributed by atoms with Crippen LogP contribution in [0.3, 0.4) is 0 Å². The Hall–Kier alpha value is -1.89. The molecular formula is C11H7ClF3N3O. The summed E-state index contributed by atoms with van der Waals surface area (Å²) in [7, 11) is 0. The van der Waals surface area contributed by atoms with Crippen molar-refractivity contribution >= 4 is 11.6 Å². The zero-order valence-electron chi connectivity index (χ0n) is 9.36. The fourth-order valence-electron chi connectivity index (χ4n) is 1.25. The van der Waals surface area contributed by atoms with Gasteiger partial charge in [0.25, 0.3) is 0 Å². The topological polar surface area (TPSA) is 47.9 Å². The lowest BCUT2D eigenvalue weighted by atomic mass is 10.3. The Morgan fingerprint density at radius 3 is 2.68 bits per heavy atom. The fourth-order valence-corrected chi connectivity index (χ4v) is 1.42. The van der Waals surface area contributed by atoms with E-state index in [-0.39, 0.29) is 16.9 Å². The van der Waals surface area contributed by atoms with Gasteiger partial charge in [0.1, 0.15) is 5.15 Å². The fraction of sp³-hybridized carbons (Fsp3) is 0.182. The molecule has 0 fully saturated rings. The van der Waals surface area contributed by atoms with Crippen LogP contribution in [0.1, 0.15) is 0 Å². The molecule has 0 saturated carbocycles. The number of rotatable bonds is 3. The van der Waals surface area contributed by atoms with Gasteiger partial charge >= 0.3 is 6.18 Å². The minimum Gasteiger partial charge on any atom is -0.468 e. The SMILES string of the molecule is FC(F)(F)COc1cc(Cl)nc(-c2cccnc2)n1. The van der Waals surface area contributed by atoms with Crippen LogP contribution in [0.15, 0.2) is 30.6 Å². The summed E-state index contributed by atoms with van der Waals surface area (Å²) in [5.41, 5.74) is 0.529. The molecule has 0 saturated heterocycles. The Balaban J connectivity index is 2.25. The molecular weight excluding hydrogens is 283 g/mol. The van der Waals surface area contributed by atoms with E-state index in [0.717, 1.165) is 6.07 Å². The van der Waals surface area contributed by atoms with Crippen LogP contribution in [-0.2, 0) is 0 Å². The second kappa shape index (κ2) is 5.40. The average Bonchev–Trinajstić information content (AvgIpc) is 2.36. The first-order valence-corrected chi connectivity index (χ1v) is 5.46. The Morgan fingerprint density at radius 2 is 2.05 bits per heavy atom. The second-order valence-electron chi connectivity index (χ2n) is 3.50. The standard InChI is InChI=1S/C11H7ClF3N3O/c12-8-4-9(19-6-11(13,14)15)18-10(17-8)7-2-1-3-16-5-7/h1-5H,6H2. The van der Waals surface area contributed by atoms with E-state index in [4.69, 9.17) is 11.6 Å². The zero-order valence-corrected chi connectivity index (χ0v) is 10.1. The molecule has 0 N–H and O–H groups in total. The molecule has 2 aromatic rings. The van der Waals surface area contributed by atoms with E-state index in [1.807, 2.05) is 0 Å². The Labute approximate surface area is 111 Å². The summed E-state index contributed by atoms with van der Waals surface area (Å²) in [5, 5.41) is -0.00831. The predicted octanol–water partition coefficient (Wildman–Crippen LogP) is 3.13. The van der Waals surface area contributed by atoms with Gasteiger partial charge in [0.15, 0.2) is 12.4 Å². The number of pyridine rings is 1. The van der Waals surface area contributed by atoms with E-state index in [0.29, 0.717) is 5.56 Å². The van der Waals surface area contributed by atoms with Gasteiger partial charge in [-0.25, -0.2) is 4.98 Å². The molecule has 0 amide bonds. The van der Waals surface area contributed by atoms with Crippen molar-refractivity contribution in [3.63, 3.8) is 0 Å². The zero-order chi connectivity index (χ0) is 13.9. The third-order valence-electron chi connectivity index (χ3n) is 1.97. The molecule has 4 nitrogen and oxygen atoms in total. The van der Waals surface area contributed by atoms with Crippen molar-refractivity contribution in [2.75, 3.05) is 6.61 Å². The number of hydrogen-bond acceptors (Lipinski definition) is 4. The van der Waals surface area contributed by atoms with Gasteiger partial charge in [-0.05, 0) is 12.1 Å². The third kappa shape index (κ3) is 4.06. The summed E-state index contributed by atoms with van der Waals surface area (Å²) in [4.78, 5) is 11.6. The van der Waals surface area contributed by atoms with Gasteiger partial charge < -0.3 is 4.74 Å². The molecule has 0 spiro atoms. The van der Waals surface area contributed by atoms with Crippen LogP contribution in [0.2, 0.25) is 5.15 Å². The molecule has 0 aliphatic rings. The second-order valence-corrected chi connectivity index (χ2v) is 3.89. The van der Waals surface area contributed by atoms with Crippen LogP contribution in [0.25, 0.3) is 11.4 Å². The van der Waals surface area contributed by atoms with E-state index in [2.05, 4.69) is 19.7 Å². The molecule has 8 heteroatoms. The quantitative estimate of drug-likeness (QED) is 0.815. The highest BCUT2D eigenvalue weighted by atomic mass is 35.5. The molecule has 100 valence electrons.